The molecule has 0 bridgehead atoms. The van der Waals surface area contributed by atoms with Crippen LogP contribution in [0.2, 0.25) is 0 Å². The van der Waals surface area contributed by atoms with Crippen molar-refractivity contribution in [3.63, 3.8) is 0 Å². The summed E-state index contributed by atoms with van der Waals surface area (Å²) in [5.74, 6) is -1.19. The Labute approximate surface area is 98.8 Å². The van der Waals surface area contributed by atoms with Gasteiger partial charge in [0, 0.05) is 11.7 Å². The Morgan fingerprint density at radius 2 is 2.24 bits per heavy atom. The predicted molar refractivity (Wildman–Crippen MR) is 62.2 cm³/mol. The summed E-state index contributed by atoms with van der Waals surface area (Å²) in [6, 6.07) is 2.93. The third-order valence-corrected chi connectivity index (χ3v) is 2.08. The summed E-state index contributed by atoms with van der Waals surface area (Å²) < 4.78 is 0. The average Bonchev–Trinajstić information content (AvgIpc) is 2.19. The smallest absolute Gasteiger partial charge is 0.305 e. The van der Waals surface area contributed by atoms with Gasteiger partial charge in [-0.2, -0.15) is 0 Å². The van der Waals surface area contributed by atoms with E-state index in [1.807, 2.05) is 0 Å². The van der Waals surface area contributed by atoms with Crippen LogP contribution in [-0.4, -0.2) is 28.0 Å². The Morgan fingerprint density at radius 3 is 2.76 bits per heavy atom. The summed E-state index contributed by atoms with van der Waals surface area (Å²) in [4.78, 5) is 25.9. The number of nitrogen functional groups attached to an aromatic ring is 1. The first-order valence-electron chi connectivity index (χ1n) is 5.19. The minimum absolute atomic E-state index is 0.0963. The van der Waals surface area contributed by atoms with Gasteiger partial charge in [-0.05, 0) is 19.1 Å². The molecule has 0 aliphatic rings. The molecule has 1 heterocycles. The molecule has 1 atom stereocenters. The Morgan fingerprint density at radius 1 is 1.53 bits per heavy atom. The lowest BCUT2D eigenvalue weighted by Gasteiger charge is -2.11. The summed E-state index contributed by atoms with van der Waals surface area (Å²) in [6.07, 6.45) is 1.49. The molecule has 1 aromatic heterocycles. The minimum Gasteiger partial charge on any atom is -0.481 e. The van der Waals surface area contributed by atoms with Gasteiger partial charge < -0.3 is 16.2 Å². The molecule has 0 spiro atoms. The van der Waals surface area contributed by atoms with Gasteiger partial charge >= 0.3 is 5.97 Å². The second kappa shape index (κ2) is 5.83. The zero-order chi connectivity index (χ0) is 12.8. The van der Waals surface area contributed by atoms with Gasteiger partial charge in [0.25, 0.3) is 0 Å². The van der Waals surface area contributed by atoms with E-state index in [0.29, 0.717) is 11.4 Å². The van der Waals surface area contributed by atoms with Gasteiger partial charge in [-0.3, -0.25) is 14.6 Å². The predicted octanol–water partition coefficient (Wildman–Crippen LogP) is 0.186. The van der Waals surface area contributed by atoms with Crippen molar-refractivity contribution in [2.45, 2.75) is 25.8 Å². The maximum atomic E-state index is 11.5. The van der Waals surface area contributed by atoms with Crippen LogP contribution in [-0.2, 0) is 16.0 Å². The number of carboxylic acid groups (broad SMARTS) is 1. The highest BCUT2D eigenvalue weighted by atomic mass is 16.4. The number of carboxylic acids is 1. The molecule has 0 aliphatic heterocycles. The lowest BCUT2D eigenvalue weighted by atomic mass is 10.2. The van der Waals surface area contributed by atoms with Crippen LogP contribution >= 0.6 is 0 Å². The van der Waals surface area contributed by atoms with Crippen molar-refractivity contribution >= 4 is 17.6 Å². The van der Waals surface area contributed by atoms with Gasteiger partial charge in [0.05, 0.1) is 24.7 Å². The largest absolute Gasteiger partial charge is 0.481 e. The number of aliphatic carboxylic acids is 1. The van der Waals surface area contributed by atoms with Crippen molar-refractivity contribution in [2.24, 2.45) is 0 Å². The molecule has 0 aromatic carbocycles. The summed E-state index contributed by atoms with van der Waals surface area (Å²) >= 11 is 0. The van der Waals surface area contributed by atoms with Crippen molar-refractivity contribution in [3.05, 3.63) is 24.0 Å². The highest BCUT2D eigenvalue weighted by molar-refractivity contribution is 5.79. The fraction of sp³-hybridized carbons (Fsp3) is 0.364. The Balaban J connectivity index is 2.44. The van der Waals surface area contributed by atoms with Crippen LogP contribution in [0.3, 0.4) is 0 Å². The van der Waals surface area contributed by atoms with Crippen molar-refractivity contribution in [3.8, 4) is 0 Å². The van der Waals surface area contributed by atoms with E-state index in [1.165, 1.54) is 6.20 Å². The Hall–Kier alpha value is -2.11. The van der Waals surface area contributed by atoms with Crippen LogP contribution in [0.1, 0.15) is 19.0 Å². The normalized spacial score (nSPS) is 11.8. The monoisotopic (exact) mass is 237 g/mol. The van der Waals surface area contributed by atoms with E-state index < -0.39 is 12.0 Å². The fourth-order valence-corrected chi connectivity index (χ4v) is 1.34. The first kappa shape index (κ1) is 13.0. The van der Waals surface area contributed by atoms with Crippen LogP contribution in [0.25, 0.3) is 0 Å². The van der Waals surface area contributed by atoms with Crippen LogP contribution < -0.4 is 11.1 Å². The molecule has 92 valence electrons. The topological polar surface area (TPSA) is 105 Å². The maximum Gasteiger partial charge on any atom is 0.305 e. The number of aromatic nitrogens is 1. The number of carbonyl (C=O) groups excluding carboxylic acids is 1. The van der Waals surface area contributed by atoms with Crippen molar-refractivity contribution in [2.75, 3.05) is 5.73 Å². The first-order valence-corrected chi connectivity index (χ1v) is 5.19. The molecule has 0 saturated carbocycles. The number of nitrogens with two attached hydrogens (primary N) is 1. The number of anilines is 1. The van der Waals surface area contributed by atoms with Crippen molar-refractivity contribution in [1.82, 2.24) is 10.3 Å². The number of pyridine rings is 1. The molecule has 0 fully saturated rings. The molecule has 1 unspecified atom stereocenters. The SMILES string of the molecule is CC(CC(=O)O)NC(=O)Cc1ccc(N)cn1. The highest BCUT2D eigenvalue weighted by Gasteiger charge is 2.11. The molecule has 1 rings (SSSR count). The second-order valence-corrected chi connectivity index (χ2v) is 3.83. The first-order chi connectivity index (χ1) is 7.97. The summed E-state index contributed by atoms with van der Waals surface area (Å²) in [7, 11) is 0. The van der Waals surface area contributed by atoms with Crippen molar-refractivity contribution in [1.29, 1.82) is 0 Å². The molecular weight excluding hydrogens is 222 g/mol. The van der Waals surface area contributed by atoms with E-state index in [-0.39, 0.29) is 18.7 Å². The minimum atomic E-state index is -0.941. The zero-order valence-corrected chi connectivity index (χ0v) is 9.51. The molecule has 1 aromatic rings. The number of hydrogen-bond acceptors (Lipinski definition) is 4. The number of hydrogen-bond donors (Lipinski definition) is 3. The van der Waals surface area contributed by atoms with Crippen LogP contribution in [0.4, 0.5) is 5.69 Å². The Kier molecular flexibility index (Phi) is 4.45. The number of nitrogens with one attached hydrogen (secondary N) is 1. The third-order valence-electron chi connectivity index (χ3n) is 2.08. The lowest BCUT2D eigenvalue weighted by Crippen LogP contribution is -2.35. The molecule has 6 heteroatoms. The van der Waals surface area contributed by atoms with Crippen LogP contribution in [0, 0.1) is 0 Å². The number of rotatable bonds is 5. The summed E-state index contributed by atoms with van der Waals surface area (Å²) in [6.45, 7) is 1.64. The maximum absolute atomic E-state index is 11.5. The summed E-state index contributed by atoms with van der Waals surface area (Å²) in [5, 5.41) is 11.1. The van der Waals surface area contributed by atoms with E-state index in [9.17, 15) is 9.59 Å². The number of carbonyl (C=O) groups is 2. The molecule has 0 saturated heterocycles. The van der Waals surface area contributed by atoms with E-state index in [4.69, 9.17) is 10.8 Å². The number of amides is 1. The van der Waals surface area contributed by atoms with Gasteiger partial charge in [-0.15, -0.1) is 0 Å². The second-order valence-electron chi connectivity index (χ2n) is 3.83. The highest BCUT2D eigenvalue weighted by Crippen LogP contribution is 2.02. The van der Waals surface area contributed by atoms with Gasteiger partial charge in [0.15, 0.2) is 0 Å². The van der Waals surface area contributed by atoms with E-state index in [1.54, 1.807) is 19.1 Å². The molecule has 4 N–H and O–H groups in total. The summed E-state index contributed by atoms with van der Waals surface area (Å²) in [5.41, 5.74) is 6.60. The molecule has 0 radical (unpaired) electrons. The van der Waals surface area contributed by atoms with Gasteiger partial charge in [0.1, 0.15) is 0 Å². The standard InChI is InChI=1S/C11H15N3O3/c1-7(4-11(16)17)14-10(15)5-9-3-2-8(12)6-13-9/h2-3,6-7H,4-5,12H2,1H3,(H,14,15)(H,16,17). The van der Waals surface area contributed by atoms with E-state index >= 15 is 0 Å². The van der Waals surface area contributed by atoms with Gasteiger partial charge in [-0.1, -0.05) is 0 Å². The van der Waals surface area contributed by atoms with Gasteiger partial charge in [-0.25, -0.2) is 0 Å². The van der Waals surface area contributed by atoms with Crippen LogP contribution in [0.15, 0.2) is 18.3 Å². The molecule has 0 aliphatic carbocycles. The van der Waals surface area contributed by atoms with Crippen LogP contribution in [0.5, 0.6) is 0 Å². The van der Waals surface area contributed by atoms with E-state index in [2.05, 4.69) is 10.3 Å². The molecule has 1 amide bonds. The quantitative estimate of drug-likeness (QED) is 0.677. The van der Waals surface area contributed by atoms with Gasteiger partial charge in [0.2, 0.25) is 5.91 Å². The fourth-order valence-electron chi connectivity index (χ4n) is 1.34. The zero-order valence-electron chi connectivity index (χ0n) is 9.51. The Bertz CT molecular complexity index is 403. The lowest BCUT2D eigenvalue weighted by molar-refractivity contribution is -0.137. The molecular formula is C11H15N3O3. The molecule has 17 heavy (non-hydrogen) atoms. The average molecular weight is 237 g/mol. The number of nitrogens with zero attached hydrogens (tertiary/aromatic N) is 1. The molecule has 6 nitrogen and oxygen atoms in total. The van der Waals surface area contributed by atoms with E-state index in [0.717, 1.165) is 0 Å². The third kappa shape index (κ3) is 4.96. The van der Waals surface area contributed by atoms with Crippen molar-refractivity contribution < 1.29 is 14.7 Å².